The highest BCUT2D eigenvalue weighted by atomic mass is 16.6. The van der Waals surface area contributed by atoms with E-state index < -0.39 is 11.7 Å². The van der Waals surface area contributed by atoms with Gasteiger partial charge in [-0.1, -0.05) is 30.3 Å². The molecule has 1 aromatic heterocycles. The van der Waals surface area contributed by atoms with Crippen LogP contribution in [0.25, 0.3) is 0 Å². The zero-order valence-corrected chi connectivity index (χ0v) is 21.8. The van der Waals surface area contributed by atoms with E-state index in [-0.39, 0.29) is 18.0 Å². The molecular formula is C28H38N4O4. The summed E-state index contributed by atoms with van der Waals surface area (Å²) in [4.78, 5) is 41.6. The third kappa shape index (κ3) is 8.66. The van der Waals surface area contributed by atoms with Crippen LogP contribution in [-0.2, 0) is 22.5 Å². The summed E-state index contributed by atoms with van der Waals surface area (Å²) in [6.07, 6.45) is 3.40. The molecule has 0 radical (unpaired) electrons. The van der Waals surface area contributed by atoms with Crippen LogP contribution in [0.3, 0.4) is 0 Å². The van der Waals surface area contributed by atoms with Crippen molar-refractivity contribution in [3.05, 3.63) is 64.1 Å². The maximum atomic E-state index is 13.0. The molecule has 194 valence electrons. The second-order valence-electron chi connectivity index (χ2n) is 10.3. The van der Waals surface area contributed by atoms with Crippen LogP contribution < -0.4 is 16.2 Å². The molecule has 1 saturated carbocycles. The van der Waals surface area contributed by atoms with E-state index in [4.69, 9.17) is 4.74 Å². The number of rotatable bonds is 8. The normalized spacial score (nSPS) is 15.8. The first-order valence-corrected chi connectivity index (χ1v) is 12.6. The van der Waals surface area contributed by atoms with Crippen LogP contribution in [0.2, 0.25) is 0 Å². The molecule has 0 unspecified atom stereocenters. The van der Waals surface area contributed by atoms with E-state index >= 15 is 0 Å². The van der Waals surface area contributed by atoms with Gasteiger partial charge in [0.1, 0.15) is 17.8 Å². The van der Waals surface area contributed by atoms with E-state index in [0.29, 0.717) is 24.7 Å². The van der Waals surface area contributed by atoms with E-state index in [1.165, 1.54) is 10.1 Å². The van der Waals surface area contributed by atoms with Gasteiger partial charge in [0.25, 0.3) is 5.56 Å². The third-order valence-corrected chi connectivity index (χ3v) is 6.18. The molecule has 1 heterocycles. The smallest absolute Gasteiger partial charge is 0.434 e. The van der Waals surface area contributed by atoms with Gasteiger partial charge in [-0.05, 0) is 83.4 Å². The highest BCUT2D eigenvalue weighted by Crippen LogP contribution is 2.22. The van der Waals surface area contributed by atoms with Gasteiger partial charge in [0, 0.05) is 24.5 Å². The number of carbonyl (C=O) groups excluding carboxylic acids is 2. The monoisotopic (exact) mass is 494 g/mol. The number of hydrogen-bond acceptors (Lipinski definition) is 5. The van der Waals surface area contributed by atoms with Crippen LogP contribution in [0.4, 0.5) is 10.5 Å². The minimum Gasteiger partial charge on any atom is -0.442 e. The van der Waals surface area contributed by atoms with Crippen LogP contribution in [0, 0.1) is 12.8 Å². The molecule has 1 aromatic carbocycles. The molecule has 0 spiro atoms. The van der Waals surface area contributed by atoms with E-state index in [2.05, 4.69) is 27.8 Å². The summed E-state index contributed by atoms with van der Waals surface area (Å²) in [5.74, 6) is 0.130. The van der Waals surface area contributed by atoms with Crippen molar-refractivity contribution >= 4 is 23.4 Å². The van der Waals surface area contributed by atoms with Crippen molar-refractivity contribution in [2.24, 2.45) is 10.9 Å². The Bertz CT molecular complexity index is 1120. The fourth-order valence-corrected chi connectivity index (χ4v) is 4.19. The van der Waals surface area contributed by atoms with Crippen molar-refractivity contribution < 1.29 is 14.3 Å². The van der Waals surface area contributed by atoms with Gasteiger partial charge in [-0.2, -0.15) is 4.99 Å². The van der Waals surface area contributed by atoms with Crippen LogP contribution in [0.15, 0.2) is 52.3 Å². The van der Waals surface area contributed by atoms with E-state index in [1.807, 2.05) is 52.0 Å². The number of aromatic nitrogens is 1. The average Bonchev–Trinajstić information content (AvgIpc) is 2.82. The molecule has 0 aliphatic heterocycles. The summed E-state index contributed by atoms with van der Waals surface area (Å²) in [5.41, 5.74) is 2.53. The second-order valence-corrected chi connectivity index (χ2v) is 10.3. The average molecular weight is 495 g/mol. The number of aryl methyl sites for hydroxylation is 1. The van der Waals surface area contributed by atoms with Crippen LogP contribution in [-0.4, -0.2) is 41.0 Å². The quantitative estimate of drug-likeness (QED) is 0.563. The van der Waals surface area contributed by atoms with Crippen LogP contribution >= 0.6 is 0 Å². The summed E-state index contributed by atoms with van der Waals surface area (Å²) < 4.78 is 6.76. The van der Waals surface area contributed by atoms with E-state index in [1.54, 1.807) is 6.07 Å². The van der Waals surface area contributed by atoms with Gasteiger partial charge in [0.2, 0.25) is 5.91 Å². The lowest BCUT2D eigenvalue weighted by molar-refractivity contribution is -0.121. The first kappa shape index (κ1) is 27.2. The molecule has 0 bridgehead atoms. The fraction of sp³-hybridized carbons (Fsp3) is 0.500. The highest BCUT2D eigenvalue weighted by Gasteiger charge is 2.21. The SMILES string of the molecule is Cc1ccc(NCCc2ccccc2)c(=O)n1CC(=O)NCC1CCC(=NC(=O)OC(C)(C)C)CC1. The Hall–Kier alpha value is -3.42. The molecule has 3 rings (SSSR count). The van der Waals surface area contributed by atoms with Gasteiger partial charge < -0.3 is 19.9 Å². The van der Waals surface area contributed by atoms with E-state index in [9.17, 15) is 14.4 Å². The lowest BCUT2D eigenvalue weighted by atomic mass is 9.88. The minimum atomic E-state index is -0.555. The Morgan fingerprint density at radius 1 is 1.08 bits per heavy atom. The van der Waals surface area contributed by atoms with Gasteiger partial charge >= 0.3 is 6.09 Å². The molecule has 8 nitrogen and oxygen atoms in total. The Balaban J connectivity index is 1.46. The Kier molecular flexibility index (Phi) is 9.44. The zero-order valence-electron chi connectivity index (χ0n) is 21.8. The van der Waals surface area contributed by atoms with Gasteiger partial charge in [0.15, 0.2) is 0 Å². The molecule has 0 saturated heterocycles. The van der Waals surface area contributed by atoms with Crippen molar-refractivity contribution in [1.29, 1.82) is 0 Å². The molecule has 1 fully saturated rings. The topological polar surface area (TPSA) is 102 Å². The zero-order chi connectivity index (χ0) is 26.1. The number of aliphatic imine (C=N–C) groups is 1. The number of benzene rings is 1. The summed E-state index contributed by atoms with van der Waals surface area (Å²) in [6.45, 7) is 8.44. The largest absolute Gasteiger partial charge is 0.442 e. The number of hydrogen-bond donors (Lipinski definition) is 2. The predicted molar refractivity (Wildman–Crippen MR) is 143 cm³/mol. The number of amides is 2. The predicted octanol–water partition coefficient (Wildman–Crippen LogP) is 4.49. The lowest BCUT2D eigenvalue weighted by Gasteiger charge is -2.24. The number of nitrogens with zero attached hydrogens (tertiary/aromatic N) is 2. The van der Waals surface area contributed by atoms with Crippen molar-refractivity contribution in [3.8, 4) is 0 Å². The van der Waals surface area contributed by atoms with Gasteiger partial charge in [-0.15, -0.1) is 0 Å². The molecule has 8 heteroatoms. The molecule has 2 aromatic rings. The molecule has 1 aliphatic rings. The minimum absolute atomic E-state index is 0.0169. The van der Waals surface area contributed by atoms with Crippen molar-refractivity contribution in [1.82, 2.24) is 9.88 Å². The van der Waals surface area contributed by atoms with Gasteiger partial charge in [-0.25, -0.2) is 4.79 Å². The summed E-state index contributed by atoms with van der Waals surface area (Å²) in [7, 11) is 0. The molecule has 0 atom stereocenters. The Labute approximate surface area is 213 Å². The number of ether oxygens (including phenoxy) is 1. The Morgan fingerprint density at radius 2 is 1.78 bits per heavy atom. The maximum Gasteiger partial charge on any atom is 0.434 e. The maximum absolute atomic E-state index is 13.0. The van der Waals surface area contributed by atoms with Gasteiger partial charge in [0.05, 0.1) is 0 Å². The standard InChI is InChI=1S/C28H38N4O4/c1-20-10-15-24(29-17-16-21-8-6-5-7-9-21)26(34)32(20)19-25(33)30-18-22-11-13-23(14-12-22)31-27(35)36-28(2,3)4/h5-10,15,22,29H,11-14,16-19H2,1-4H3,(H,30,33). The van der Waals surface area contributed by atoms with Crippen LogP contribution in [0.5, 0.6) is 0 Å². The second kappa shape index (κ2) is 12.5. The van der Waals surface area contributed by atoms with Crippen molar-refractivity contribution in [2.75, 3.05) is 18.4 Å². The lowest BCUT2D eigenvalue weighted by Crippen LogP contribution is -2.37. The molecule has 1 aliphatic carbocycles. The van der Waals surface area contributed by atoms with E-state index in [0.717, 1.165) is 43.5 Å². The number of anilines is 1. The van der Waals surface area contributed by atoms with Crippen molar-refractivity contribution in [2.45, 2.75) is 71.9 Å². The highest BCUT2D eigenvalue weighted by molar-refractivity contribution is 5.93. The molecule has 36 heavy (non-hydrogen) atoms. The first-order valence-electron chi connectivity index (χ1n) is 12.6. The van der Waals surface area contributed by atoms with Crippen LogP contribution in [0.1, 0.15) is 57.7 Å². The van der Waals surface area contributed by atoms with Crippen molar-refractivity contribution in [3.63, 3.8) is 0 Å². The van der Waals surface area contributed by atoms with Gasteiger partial charge in [-0.3, -0.25) is 9.59 Å². The third-order valence-electron chi connectivity index (χ3n) is 6.18. The summed E-state index contributed by atoms with van der Waals surface area (Å²) in [6, 6.07) is 13.7. The number of pyridine rings is 1. The fourth-order valence-electron chi connectivity index (χ4n) is 4.19. The molecular weight excluding hydrogens is 456 g/mol. The summed E-state index contributed by atoms with van der Waals surface area (Å²) >= 11 is 0. The summed E-state index contributed by atoms with van der Waals surface area (Å²) in [5, 5.41) is 6.18. The number of nitrogens with one attached hydrogen (secondary N) is 2. The molecule has 2 N–H and O–H groups in total. The molecule has 2 amide bonds. The first-order chi connectivity index (χ1) is 17.1. The number of carbonyl (C=O) groups is 2. The Morgan fingerprint density at radius 3 is 2.44 bits per heavy atom.